The molecule has 6 nitrogen and oxygen atoms in total. The molecular weight excluding hydrogens is 318 g/mol. The minimum Gasteiger partial charge on any atom is -0.388 e. The molecule has 0 saturated heterocycles. The first-order chi connectivity index (χ1) is 12.1. The number of carbonyl (C=O) groups is 1. The van der Waals surface area contributed by atoms with Gasteiger partial charge in [-0.25, -0.2) is 4.68 Å². The Kier molecular flexibility index (Phi) is 5.28. The molecule has 1 heterocycles. The highest BCUT2D eigenvalue weighted by molar-refractivity contribution is 5.92. The first-order valence-corrected chi connectivity index (χ1v) is 8.68. The molecule has 0 bridgehead atoms. The summed E-state index contributed by atoms with van der Waals surface area (Å²) in [6.07, 6.45) is 4.49. The second-order valence-electron chi connectivity index (χ2n) is 6.67. The van der Waals surface area contributed by atoms with Crippen LogP contribution < -0.4 is 10.9 Å². The molecule has 0 unspecified atom stereocenters. The number of benzene rings is 1. The molecule has 1 amide bonds. The summed E-state index contributed by atoms with van der Waals surface area (Å²) >= 11 is 0. The van der Waals surface area contributed by atoms with Gasteiger partial charge in [0.15, 0.2) is 0 Å². The number of nitrogens with zero attached hydrogens (tertiary/aromatic N) is 2. The molecular formula is C19H23N3O3. The van der Waals surface area contributed by atoms with Crippen LogP contribution in [0.5, 0.6) is 0 Å². The molecule has 0 spiro atoms. The Morgan fingerprint density at radius 2 is 1.84 bits per heavy atom. The van der Waals surface area contributed by atoms with E-state index in [2.05, 4.69) is 10.4 Å². The minimum absolute atomic E-state index is 0.176. The van der Waals surface area contributed by atoms with Gasteiger partial charge in [-0.05, 0) is 24.5 Å². The number of hydrogen-bond donors (Lipinski definition) is 2. The quantitative estimate of drug-likeness (QED) is 0.867. The highest BCUT2D eigenvalue weighted by Gasteiger charge is 2.29. The van der Waals surface area contributed by atoms with Gasteiger partial charge in [-0.3, -0.25) is 9.59 Å². The summed E-state index contributed by atoms with van der Waals surface area (Å²) in [7, 11) is 0. The average molecular weight is 341 g/mol. The predicted octanol–water partition coefficient (Wildman–Crippen LogP) is 1.72. The second kappa shape index (κ2) is 7.61. The maximum atomic E-state index is 12.3. The highest BCUT2D eigenvalue weighted by atomic mass is 16.3. The van der Waals surface area contributed by atoms with Gasteiger partial charge in [0.2, 0.25) is 0 Å². The van der Waals surface area contributed by atoms with Crippen molar-refractivity contribution < 1.29 is 9.90 Å². The molecule has 0 aliphatic heterocycles. The van der Waals surface area contributed by atoms with E-state index in [4.69, 9.17) is 0 Å². The zero-order chi connectivity index (χ0) is 17.7. The summed E-state index contributed by atoms with van der Waals surface area (Å²) in [6, 6.07) is 12.3. The van der Waals surface area contributed by atoms with Gasteiger partial charge in [-0.15, -0.1) is 0 Å². The predicted molar refractivity (Wildman–Crippen MR) is 94.4 cm³/mol. The van der Waals surface area contributed by atoms with Crippen LogP contribution in [-0.2, 0) is 6.54 Å². The molecule has 1 aliphatic rings. The molecule has 0 radical (unpaired) electrons. The average Bonchev–Trinajstić information content (AvgIpc) is 2.63. The van der Waals surface area contributed by atoms with Gasteiger partial charge in [-0.1, -0.05) is 49.6 Å². The lowest BCUT2D eigenvalue weighted by molar-refractivity contribution is 0.00519. The minimum atomic E-state index is -0.827. The third-order valence-corrected chi connectivity index (χ3v) is 4.64. The van der Waals surface area contributed by atoms with Crippen molar-refractivity contribution in [3.05, 3.63) is 64.1 Å². The van der Waals surface area contributed by atoms with Crippen molar-refractivity contribution >= 4 is 5.91 Å². The summed E-state index contributed by atoms with van der Waals surface area (Å²) < 4.78 is 1.28. The SMILES string of the molecule is O=C(NCC1(O)CCCCC1)c1ccc(=O)n(Cc2ccccc2)n1. The van der Waals surface area contributed by atoms with Crippen LogP contribution in [0, 0.1) is 0 Å². The van der Waals surface area contributed by atoms with E-state index in [1.807, 2.05) is 30.3 Å². The van der Waals surface area contributed by atoms with Gasteiger partial charge >= 0.3 is 0 Å². The van der Waals surface area contributed by atoms with Crippen LogP contribution in [0.1, 0.15) is 48.2 Å². The van der Waals surface area contributed by atoms with Crippen molar-refractivity contribution in [3.8, 4) is 0 Å². The smallest absolute Gasteiger partial charge is 0.271 e. The number of amides is 1. The molecule has 1 fully saturated rings. The number of aliphatic hydroxyl groups is 1. The maximum absolute atomic E-state index is 12.3. The largest absolute Gasteiger partial charge is 0.388 e. The third kappa shape index (κ3) is 4.54. The summed E-state index contributed by atoms with van der Waals surface area (Å²) in [5.74, 6) is -0.374. The molecule has 1 aliphatic carbocycles. The molecule has 6 heteroatoms. The van der Waals surface area contributed by atoms with Gasteiger partial charge in [0, 0.05) is 12.6 Å². The van der Waals surface area contributed by atoms with Crippen molar-refractivity contribution in [2.45, 2.75) is 44.2 Å². The van der Waals surface area contributed by atoms with Gasteiger partial charge in [0.25, 0.3) is 11.5 Å². The Labute approximate surface area is 146 Å². The highest BCUT2D eigenvalue weighted by Crippen LogP contribution is 2.27. The molecule has 3 rings (SSSR count). The first-order valence-electron chi connectivity index (χ1n) is 8.68. The van der Waals surface area contributed by atoms with Crippen molar-refractivity contribution in [2.24, 2.45) is 0 Å². The van der Waals surface area contributed by atoms with E-state index in [9.17, 15) is 14.7 Å². The third-order valence-electron chi connectivity index (χ3n) is 4.64. The Bertz CT molecular complexity index is 780. The molecule has 2 N–H and O–H groups in total. The van der Waals surface area contributed by atoms with E-state index < -0.39 is 5.60 Å². The van der Waals surface area contributed by atoms with Crippen molar-refractivity contribution in [1.82, 2.24) is 15.1 Å². The lowest BCUT2D eigenvalue weighted by atomic mass is 9.85. The van der Waals surface area contributed by atoms with Crippen LogP contribution in [0.2, 0.25) is 0 Å². The van der Waals surface area contributed by atoms with Crippen molar-refractivity contribution in [1.29, 1.82) is 0 Å². The summed E-state index contributed by atoms with van der Waals surface area (Å²) in [4.78, 5) is 24.3. The first kappa shape index (κ1) is 17.4. The van der Waals surface area contributed by atoms with Crippen LogP contribution >= 0.6 is 0 Å². The number of nitrogens with one attached hydrogen (secondary N) is 1. The number of rotatable bonds is 5. The second-order valence-corrected chi connectivity index (χ2v) is 6.67. The van der Waals surface area contributed by atoms with E-state index >= 15 is 0 Å². The number of hydrogen-bond acceptors (Lipinski definition) is 4. The molecule has 2 aromatic rings. The molecule has 25 heavy (non-hydrogen) atoms. The van der Waals surface area contributed by atoms with Crippen molar-refractivity contribution in [3.63, 3.8) is 0 Å². The lowest BCUT2D eigenvalue weighted by Crippen LogP contribution is -2.44. The van der Waals surface area contributed by atoms with E-state index in [0.717, 1.165) is 24.8 Å². The molecule has 1 aromatic carbocycles. The van der Waals surface area contributed by atoms with Crippen LogP contribution in [0.4, 0.5) is 0 Å². The number of carbonyl (C=O) groups excluding carboxylic acids is 1. The molecule has 0 atom stereocenters. The fourth-order valence-electron chi connectivity index (χ4n) is 3.16. The molecule has 1 aromatic heterocycles. The van der Waals surface area contributed by atoms with E-state index in [0.29, 0.717) is 19.4 Å². The normalized spacial score (nSPS) is 16.4. The molecule has 1 saturated carbocycles. The Balaban J connectivity index is 1.68. The van der Waals surface area contributed by atoms with Crippen molar-refractivity contribution in [2.75, 3.05) is 6.54 Å². The Morgan fingerprint density at radius 3 is 2.56 bits per heavy atom. The van der Waals surface area contributed by atoms with E-state index in [1.54, 1.807) is 0 Å². The summed E-state index contributed by atoms with van der Waals surface area (Å²) in [5, 5.41) is 17.4. The van der Waals surface area contributed by atoms with Crippen LogP contribution in [0.3, 0.4) is 0 Å². The Hall–Kier alpha value is -2.47. The van der Waals surface area contributed by atoms with E-state index in [1.165, 1.54) is 16.8 Å². The fraction of sp³-hybridized carbons (Fsp3) is 0.421. The standard InChI is InChI=1S/C19H23N3O3/c23-17-10-9-16(21-22(17)13-15-7-3-1-4-8-15)18(24)20-14-19(25)11-5-2-6-12-19/h1,3-4,7-10,25H,2,5-6,11-14H2,(H,20,24). The maximum Gasteiger partial charge on any atom is 0.271 e. The zero-order valence-electron chi connectivity index (χ0n) is 14.1. The van der Waals surface area contributed by atoms with Crippen LogP contribution in [0.25, 0.3) is 0 Å². The summed E-state index contributed by atoms with van der Waals surface area (Å²) in [5.41, 5.74) is 0.0271. The Morgan fingerprint density at radius 1 is 1.12 bits per heavy atom. The van der Waals surface area contributed by atoms with Gasteiger partial charge in [-0.2, -0.15) is 5.10 Å². The number of aromatic nitrogens is 2. The summed E-state index contributed by atoms with van der Waals surface area (Å²) in [6.45, 7) is 0.524. The van der Waals surface area contributed by atoms with Gasteiger partial charge < -0.3 is 10.4 Å². The van der Waals surface area contributed by atoms with Gasteiger partial charge in [0.05, 0.1) is 12.1 Å². The zero-order valence-corrected chi connectivity index (χ0v) is 14.1. The van der Waals surface area contributed by atoms with E-state index in [-0.39, 0.29) is 23.7 Å². The molecule has 132 valence electrons. The topological polar surface area (TPSA) is 84.2 Å². The van der Waals surface area contributed by atoms with Gasteiger partial charge in [0.1, 0.15) is 5.69 Å². The van der Waals surface area contributed by atoms with Crippen LogP contribution in [-0.4, -0.2) is 32.9 Å². The lowest BCUT2D eigenvalue weighted by Gasteiger charge is -2.32. The fourth-order valence-corrected chi connectivity index (χ4v) is 3.16. The monoisotopic (exact) mass is 341 g/mol. The van der Waals surface area contributed by atoms with Crippen LogP contribution in [0.15, 0.2) is 47.3 Å².